The maximum Gasteiger partial charge on any atom is 0.326 e. The molecule has 49 heavy (non-hydrogen) atoms. The van der Waals surface area contributed by atoms with Crippen molar-refractivity contribution in [1.29, 1.82) is 0 Å². The van der Waals surface area contributed by atoms with Crippen LogP contribution in [0.1, 0.15) is 30.4 Å². The number of carbonyl (C=O) groups excluding carboxylic acids is 4. The number of aromatic nitrogens is 2. The van der Waals surface area contributed by atoms with Crippen molar-refractivity contribution in [3.05, 3.63) is 77.6 Å². The number of carboxylic acids is 2. The highest BCUT2D eigenvalue weighted by Crippen LogP contribution is 2.33. The lowest BCUT2D eigenvalue weighted by Crippen LogP contribution is -2.50. The first kappa shape index (κ1) is 35.7. The molecule has 0 saturated heterocycles. The van der Waals surface area contributed by atoms with Crippen molar-refractivity contribution in [2.45, 2.75) is 44.7 Å². The molecule has 3 aromatic carbocycles. The number of hydrogen-bond acceptors (Lipinski definition) is 8. The van der Waals surface area contributed by atoms with Crippen molar-refractivity contribution in [2.24, 2.45) is 5.73 Å². The van der Waals surface area contributed by atoms with Gasteiger partial charge in [-0.3, -0.25) is 29.1 Å². The molecule has 9 N–H and O–H groups in total. The summed E-state index contributed by atoms with van der Waals surface area (Å²) in [4.78, 5) is 71.9. The number of H-pyrrole nitrogens is 1. The van der Waals surface area contributed by atoms with Crippen molar-refractivity contribution < 1.29 is 43.4 Å². The van der Waals surface area contributed by atoms with E-state index in [1.54, 1.807) is 48.5 Å². The van der Waals surface area contributed by atoms with Gasteiger partial charge in [0.2, 0.25) is 23.6 Å². The molecule has 1 heterocycles. The number of aromatic amines is 1. The van der Waals surface area contributed by atoms with Gasteiger partial charge in [-0.1, -0.05) is 42.0 Å². The second-order valence-corrected chi connectivity index (χ2v) is 11.2. The van der Waals surface area contributed by atoms with Gasteiger partial charge in [0.1, 0.15) is 11.9 Å². The molecular weight excluding hydrogens is 641 g/mol. The molecular formula is C33H34FN7O8. The molecule has 4 amide bonds. The third-order valence-electron chi connectivity index (χ3n) is 7.33. The normalized spacial score (nSPS) is 12.1. The summed E-state index contributed by atoms with van der Waals surface area (Å²) in [5.41, 5.74) is 9.40. The summed E-state index contributed by atoms with van der Waals surface area (Å²) >= 11 is 0. The van der Waals surface area contributed by atoms with Crippen LogP contribution >= 0.6 is 0 Å². The molecule has 0 aliphatic heterocycles. The molecule has 4 rings (SSSR count). The molecule has 0 saturated carbocycles. The molecule has 0 radical (unpaired) electrons. The van der Waals surface area contributed by atoms with Crippen LogP contribution in [0, 0.1) is 12.7 Å². The number of carboxylic acid groups (broad SMARTS) is 2. The number of nitrogens with two attached hydrogens (primary N) is 1. The van der Waals surface area contributed by atoms with Crippen molar-refractivity contribution >= 4 is 58.0 Å². The van der Waals surface area contributed by atoms with Crippen LogP contribution in [0.3, 0.4) is 0 Å². The van der Waals surface area contributed by atoms with Crippen LogP contribution < -0.4 is 27.0 Å². The molecule has 0 unspecified atom stereocenters. The topological polar surface area (TPSA) is 246 Å². The molecule has 2 atom stereocenters. The Bertz CT molecular complexity index is 1890. The van der Waals surface area contributed by atoms with Gasteiger partial charge in [-0.05, 0) is 54.3 Å². The fourth-order valence-corrected chi connectivity index (χ4v) is 4.88. The van der Waals surface area contributed by atoms with Gasteiger partial charge in [0.15, 0.2) is 5.82 Å². The SMILES string of the molecule is Cc1ccc(F)c(CC(=O)Nc2ccc(-c3cccc4[nH]nc(NC(=O)CNC(=O)C[C@H](N)C(=O)N[C@@H](CCC(=O)O)C(=O)O)c34)cc2)c1. The fourth-order valence-electron chi connectivity index (χ4n) is 4.88. The summed E-state index contributed by atoms with van der Waals surface area (Å²) in [6.07, 6.45) is -1.57. The first-order chi connectivity index (χ1) is 23.3. The van der Waals surface area contributed by atoms with E-state index in [0.29, 0.717) is 27.7 Å². The number of hydrogen-bond donors (Lipinski definition) is 8. The Hall–Kier alpha value is -6.16. The summed E-state index contributed by atoms with van der Waals surface area (Å²) in [5.74, 6) is -5.73. The highest BCUT2D eigenvalue weighted by molar-refractivity contribution is 6.07. The Kier molecular flexibility index (Phi) is 11.7. The van der Waals surface area contributed by atoms with Crippen LogP contribution in [-0.4, -0.2) is 74.6 Å². The molecule has 0 bridgehead atoms. The van der Waals surface area contributed by atoms with Gasteiger partial charge >= 0.3 is 11.9 Å². The van der Waals surface area contributed by atoms with E-state index in [2.05, 4.69) is 31.5 Å². The van der Waals surface area contributed by atoms with Crippen LogP contribution in [0.25, 0.3) is 22.0 Å². The molecule has 256 valence electrons. The van der Waals surface area contributed by atoms with E-state index in [4.69, 9.17) is 10.8 Å². The third kappa shape index (κ3) is 9.92. The quantitative estimate of drug-likeness (QED) is 0.0911. The van der Waals surface area contributed by atoms with E-state index in [-0.39, 0.29) is 24.6 Å². The minimum Gasteiger partial charge on any atom is -0.481 e. The number of anilines is 2. The van der Waals surface area contributed by atoms with Gasteiger partial charge in [-0.2, -0.15) is 5.10 Å². The number of nitrogens with zero attached hydrogens (tertiary/aromatic N) is 1. The molecule has 0 aliphatic rings. The average molecular weight is 676 g/mol. The maximum atomic E-state index is 14.1. The van der Waals surface area contributed by atoms with Crippen LogP contribution in [0.4, 0.5) is 15.9 Å². The van der Waals surface area contributed by atoms with Crippen LogP contribution in [0.5, 0.6) is 0 Å². The van der Waals surface area contributed by atoms with Gasteiger partial charge < -0.3 is 37.2 Å². The Morgan fingerprint density at radius 1 is 0.939 bits per heavy atom. The fraction of sp³-hybridized carbons (Fsp3) is 0.242. The Morgan fingerprint density at radius 2 is 1.67 bits per heavy atom. The number of aryl methyl sites for hydroxylation is 1. The summed E-state index contributed by atoms with van der Waals surface area (Å²) in [6.45, 7) is 1.32. The number of aliphatic carboxylic acids is 2. The van der Waals surface area contributed by atoms with Gasteiger partial charge in [0, 0.05) is 12.1 Å². The van der Waals surface area contributed by atoms with Gasteiger partial charge in [0.05, 0.1) is 36.3 Å². The van der Waals surface area contributed by atoms with E-state index >= 15 is 0 Å². The molecule has 15 nitrogen and oxygen atoms in total. The largest absolute Gasteiger partial charge is 0.481 e. The predicted octanol–water partition coefficient (Wildman–Crippen LogP) is 2.06. The van der Waals surface area contributed by atoms with Crippen molar-refractivity contribution in [3.8, 4) is 11.1 Å². The lowest BCUT2D eigenvalue weighted by atomic mass is 10.0. The summed E-state index contributed by atoms with van der Waals surface area (Å²) in [5, 5.41) is 35.4. The minimum atomic E-state index is -1.50. The van der Waals surface area contributed by atoms with E-state index in [9.17, 15) is 38.3 Å². The number of rotatable bonds is 15. The van der Waals surface area contributed by atoms with Gasteiger partial charge in [-0.25, -0.2) is 9.18 Å². The van der Waals surface area contributed by atoms with E-state index in [1.807, 2.05) is 13.0 Å². The first-order valence-electron chi connectivity index (χ1n) is 15.0. The summed E-state index contributed by atoms with van der Waals surface area (Å²) in [6, 6.07) is 13.9. The molecule has 0 fully saturated rings. The third-order valence-corrected chi connectivity index (χ3v) is 7.33. The zero-order chi connectivity index (χ0) is 35.7. The maximum absolute atomic E-state index is 14.1. The van der Waals surface area contributed by atoms with Crippen molar-refractivity contribution in [3.63, 3.8) is 0 Å². The lowest BCUT2D eigenvalue weighted by molar-refractivity contribution is -0.143. The van der Waals surface area contributed by atoms with Crippen LogP contribution in [0.2, 0.25) is 0 Å². The second kappa shape index (κ2) is 16.1. The van der Waals surface area contributed by atoms with Gasteiger partial charge in [0.25, 0.3) is 0 Å². The number of amides is 4. The van der Waals surface area contributed by atoms with Crippen molar-refractivity contribution in [2.75, 3.05) is 17.2 Å². The highest BCUT2D eigenvalue weighted by atomic mass is 19.1. The van der Waals surface area contributed by atoms with E-state index in [0.717, 1.165) is 11.1 Å². The molecule has 1 aromatic heterocycles. The van der Waals surface area contributed by atoms with Crippen LogP contribution in [0.15, 0.2) is 60.7 Å². The zero-order valence-electron chi connectivity index (χ0n) is 26.2. The van der Waals surface area contributed by atoms with E-state index in [1.165, 1.54) is 6.07 Å². The predicted molar refractivity (Wildman–Crippen MR) is 176 cm³/mol. The molecule has 4 aromatic rings. The zero-order valence-corrected chi connectivity index (χ0v) is 26.2. The number of nitrogens with one attached hydrogen (secondary N) is 5. The van der Waals surface area contributed by atoms with E-state index < -0.39 is 66.9 Å². The highest BCUT2D eigenvalue weighted by Gasteiger charge is 2.25. The molecule has 0 spiro atoms. The van der Waals surface area contributed by atoms with Crippen molar-refractivity contribution in [1.82, 2.24) is 20.8 Å². The molecule has 0 aliphatic carbocycles. The Balaban J connectivity index is 1.34. The lowest BCUT2D eigenvalue weighted by Gasteiger charge is -2.17. The minimum absolute atomic E-state index is 0.126. The number of halogens is 1. The first-order valence-corrected chi connectivity index (χ1v) is 15.0. The summed E-state index contributed by atoms with van der Waals surface area (Å²) in [7, 11) is 0. The standard InChI is InChI=1S/C33H34FN7O8/c1-17-5-10-22(34)19(13-17)14-27(43)37-20-8-6-18(7-9-20)21-3-2-4-24-30(21)31(41-40-24)39-28(44)16-36-26(42)15-23(35)32(47)38-25(33(48)49)11-12-29(45)46/h2-10,13,23,25H,11-12,14-16,35H2,1H3,(H,36,42)(H,37,43)(H,38,47)(H,45,46)(H,48,49)(H2,39,40,41,44)/t23-,25-/m0/s1. The van der Waals surface area contributed by atoms with Gasteiger partial charge in [-0.15, -0.1) is 0 Å². The number of benzene rings is 3. The Labute approximate surface area is 278 Å². The Morgan fingerprint density at radius 3 is 2.37 bits per heavy atom. The van der Waals surface area contributed by atoms with Crippen LogP contribution in [-0.2, 0) is 35.2 Å². The monoisotopic (exact) mass is 675 g/mol. The number of fused-ring (bicyclic) bond motifs is 1. The number of carbonyl (C=O) groups is 6. The smallest absolute Gasteiger partial charge is 0.326 e. The summed E-state index contributed by atoms with van der Waals surface area (Å²) < 4.78 is 14.1. The average Bonchev–Trinajstić information content (AvgIpc) is 3.46. The molecule has 16 heteroatoms. The second-order valence-electron chi connectivity index (χ2n) is 11.2.